The van der Waals surface area contributed by atoms with Crippen LogP contribution in [0.2, 0.25) is 19.1 Å². The maximum absolute atomic E-state index is 13.6. The quantitative estimate of drug-likeness (QED) is 0.243. The van der Waals surface area contributed by atoms with Gasteiger partial charge in [-0.2, -0.15) is 57.1 Å². The van der Waals surface area contributed by atoms with E-state index in [0.717, 1.165) is 0 Å². The minimum Gasteiger partial charge on any atom is -0.200 e. The van der Waals surface area contributed by atoms with Crippen LogP contribution in [-0.2, 0) is 0 Å². The molecule has 0 amide bonds. The van der Waals surface area contributed by atoms with Gasteiger partial charge in [0.25, 0.3) is 0 Å². The molecule has 0 nitrogen and oxygen atoms in total. The zero-order valence-electron chi connectivity index (χ0n) is 13.8. The molecule has 0 spiro atoms. The summed E-state index contributed by atoms with van der Waals surface area (Å²) in [6, 6.07) is -0.937. The van der Waals surface area contributed by atoms with Crippen LogP contribution in [0.25, 0.3) is 0 Å². The Bertz CT molecular complexity index is 592. The molecule has 27 heavy (non-hydrogen) atoms. The van der Waals surface area contributed by atoms with E-state index in [4.69, 9.17) is 0 Å². The van der Waals surface area contributed by atoms with E-state index in [2.05, 4.69) is 11.5 Å². The molecule has 0 aliphatic heterocycles. The summed E-state index contributed by atoms with van der Waals surface area (Å²) in [5.74, 6) is -34.2. The highest BCUT2D eigenvalue weighted by Crippen LogP contribution is 2.60. The van der Waals surface area contributed by atoms with Crippen molar-refractivity contribution in [1.29, 1.82) is 0 Å². The molecule has 0 atom stereocenters. The first-order valence-electron chi connectivity index (χ1n) is 6.91. The molecule has 0 bridgehead atoms. The zero-order chi connectivity index (χ0) is 22.3. The summed E-state index contributed by atoms with van der Waals surface area (Å²) in [4.78, 5) is 0. The maximum Gasteiger partial charge on any atom is 0.460 e. The fourth-order valence-corrected chi connectivity index (χ4v) is 3.57. The van der Waals surface area contributed by atoms with Crippen LogP contribution in [0.15, 0.2) is 0 Å². The molecule has 0 heterocycles. The van der Waals surface area contributed by atoms with Gasteiger partial charge in [0.2, 0.25) is 0 Å². The summed E-state index contributed by atoms with van der Waals surface area (Å²) >= 11 is 0. The van der Waals surface area contributed by atoms with Crippen molar-refractivity contribution in [1.82, 2.24) is 0 Å². The zero-order valence-corrected chi connectivity index (χ0v) is 14.8. The Morgan fingerprint density at radius 1 is 0.630 bits per heavy atom. The van der Waals surface area contributed by atoms with Crippen LogP contribution in [-0.4, -0.2) is 43.9 Å². The van der Waals surface area contributed by atoms with Crippen molar-refractivity contribution in [2.75, 3.05) is 0 Å². The van der Waals surface area contributed by atoms with Gasteiger partial charge in [0.15, 0.2) is 0 Å². The van der Waals surface area contributed by atoms with Crippen LogP contribution in [0.5, 0.6) is 0 Å². The molecule has 0 aromatic rings. The van der Waals surface area contributed by atoms with Crippen LogP contribution in [0.1, 0.15) is 13.3 Å². The highest BCUT2D eigenvalue weighted by molar-refractivity contribution is 6.85. The molecule has 0 radical (unpaired) electrons. The van der Waals surface area contributed by atoms with Crippen molar-refractivity contribution in [3.8, 4) is 11.5 Å². The van der Waals surface area contributed by atoms with E-state index in [1.807, 2.05) is 0 Å². The van der Waals surface area contributed by atoms with Gasteiger partial charge in [-0.1, -0.05) is 13.1 Å². The molecule has 0 fully saturated rings. The molecule has 0 N–H and O–H groups in total. The van der Waals surface area contributed by atoms with Gasteiger partial charge in [0.1, 0.15) is 8.07 Å². The largest absolute Gasteiger partial charge is 0.460 e. The third-order valence-electron chi connectivity index (χ3n) is 3.53. The van der Waals surface area contributed by atoms with Gasteiger partial charge in [-0.3, -0.25) is 0 Å². The molecular weight excluding hydrogens is 431 g/mol. The number of alkyl halides is 13. The standard InChI is InChI=1S/C13H13F13Si/c1-4-6-27(2,3)7-5-8(14,15)9(16,17)10(18,19)11(20,21)12(22,23)13(24,25)26/h5,7H2,1-3H3. The highest BCUT2D eigenvalue weighted by atomic mass is 28.3. The van der Waals surface area contributed by atoms with E-state index in [-0.39, 0.29) is 0 Å². The molecule has 160 valence electrons. The van der Waals surface area contributed by atoms with Gasteiger partial charge in [-0.15, -0.1) is 11.5 Å². The van der Waals surface area contributed by atoms with Gasteiger partial charge >= 0.3 is 35.8 Å². The Morgan fingerprint density at radius 2 is 1.00 bits per heavy atom. The molecule has 0 rings (SSSR count). The molecule has 0 saturated heterocycles. The summed E-state index contributed by atoms with van der Waals surface area (Å²) in [7, 11) is -3.00. The van der Waals surface area contributed by atoms with Gasteiger partial charge in [0, 0.05) is 6.42 Å². The van der Waals surface area contributed by atoms with E-state index in [1.54, 1.807) is 0 Å². The number of halogens is 13. The Kier molecular flexibility index (Phi) is 6.74. The lowest BCUT2D eigenvalue weighted by Gasteiger charge is -2.40. The molecule has 0 aliphatic carbocycles. The first-order chi connectivity index (χ1) is 11.5. The van der Waals surface area contributed by atoms with Crippen molar-refractivity contribution in [2.24, 2.45) is 0 Å². The summed E-state index contributed by atoms with van der Waals surface area (Å²) in [5, 5.41) is 0. The van der Waals surface area contributed by atoms with Gasteiger partial charge in [0.05, 0.1) is 0 Å². The second-order valence-electron chi connectivity index (χ2n) is 6.26. The third-order valence-corrected chi connectivity index (χ3v) is 5.95. The molecule has 0 unspecified atom stereocenters. The van der Waals surface area contributed by atoms with Crippen LogP contribution in [0.3, 0.4) is 0 Å². The van der Waals surface area contributed by atoms with Gasteiger partial charge < -0.3 is 0 Å². The van der Waals surface area contributed by atoms with Crippen molar-refractivity contribution >= 4 is 8.07 Å². The van der Waals surface area contributed by atoms with E-state index >= 15 is 0 Å². The Balaban J connectivity index is 6.04. The number of rotatable bonds is 7. The molecule has 0 aromatic heterocycles. The van der Waals surface area contributed by atoms with Crippen molar-refractivity contribution < 1.29 is 57.1 Å². The minimum atomic E-state index is -7.85. The molecule has 14 heteroatoms. The van der Waals surface area contributed by atoms with Gasteiger partial charge in [-0.05, 0) is 13.0 Å². The number of hydrogen-bond donors (Lipinski definition) is 0. The summed E-state index contributed by atoms with van der Waals surface area (Å²) in [5.41, 5.74) is 2.37. The smallest absolute Gasteiger partial charge is 0.200 e. The minimum absolute atomic E-state index is 0.937. The van der Waals surface area contributed by atoms with Gasteiger partial charge in [-0.25, -0.2) is 0 Å². The summed E-state index contributed by atoms with van der Waals surface area (Å²) < 4.78 is 168. The monoisotopic (exact) mass is 444 g/mol. The van der Waals surface area contributed by atoms with Crippen LogP contribution in [0.4, 0.5) is 57.1 Å². The predicted molar refractivity (Wildman–Crippen MR) is 71.1 cm³/mol. The Hall–Kier alpha value is -1.13. The average molecular weight is 444 g/mol. The average Bonchev–Trinajstić information content (AvgIpc) is 2.43. The summed E-state index contributed by atoms with van der Waals surface area (Å²) in [6.45, 7) is 3.72. The fraction of sp³-hybridized carbons (Fsp3) is 0.846. The predicted octanol–water partition coefficient (Wildman–Crippen LogP) is 6.39. The molecule has 0 saturated carbocycles. The van der Waals surface area contributed by atoms with Crippen LogP contribution >= 0.6 is 0 Å². The lowest BCUT2D eigenvalue weighted by molar-refractivity contribution is -0.439. The number of hydrogen-bond acceptors (Lipinski definition) is 0. The first-order valence-corrected chi connectivity index (χ1v) is 10.1. The molecule has 0 aliphatic rings. The topological polar surface area (TPSA) is 0 Å². The van der Waals surface area contributed by atoms with E-state index in [9.17, 15) is 57.1 Å². The van der Waals surface area contributed by atoms with E-state index in [0.29, 0.717) is 0 Å². The first kappa shape index (κ1) is 25.9. The maximum atomic E-state index is 13.6. The highest BCUT2D eigenvalue weighted by Gasteiger charge is 2.90. The Labute approximate surface area is 146 Å². The SMILES string of the molecule is CC#C[Si](C)(C)CCC(F)(F)C(F)(F)C(F)(F)C(F)(F)C(F)(F)C(F)(F)F. The lowest BCUT2D eigenvalue weighted by Crippen LogP contribution is -2.70. The second-order valence-corrected chi connectivity index (χ2v) is 10.8. The third kappa shape index (κ3) is 4.32. The van der Waals surface area contributed by atoms with Crippen LogP contribution < -0.4 is 0 Å². The van der Waals surface area contributed by atoms with Crippen molar-refractivity contribution in [3.05, 3.63) is 0 Å². The van der Waals surface area contributed by atoms with E-state index < -0.39 is 56.3 Å². The van der Waals surface area contributed by atoms with Crippen LogP contribution in [0, 0.1) is 11.5 Å². The molecular formula is C13H13F13Si. The Morgan fingerprint density at radius 3 is 1.33 bits per heavy atom. The molecule has 0 aromatic carbocycles. The normalized spacial score (nSPS) is 15.4. The summed E-state index contributed by atoms with van der Waals surface area (Å²) in [6.07, 6.45) is -9.56. The van der Waals surface area contributed by atoms with Crippen molar-refractivity contribution in [2.45, 2.75) is 68.3 Å². The van der Waals surface area contributed by atoms with Crippen molar-refractivity contribution in [3.63, 3.8) is 0 Å². The van der Waals surface area contributed by atoms with E-state index in [1.165, 1.54) is 20.0 Å². The fourth-order valence-electron chi connectivity index (χ4n) is 1.83. The second kappa shape index (κ2) is 7.04. The lowest BCUT2D eigenvalue weighted by atomic mass is 9.93.